The lowest BCUT2D eigenvalue weighted by molar-refractivity contribution is -0.124. The van der Waals surface area contributed by atoms with Gasteiger partial charge in [-0.25, -0.2) is 8.78 Å². The van der Waals surface area contributed by atoms with Gasteiger partial charge in [-0.05, 0) is 43.2 Å². The van der Waals surface area contributed by atoms with Gasteiger partial charge in [0, 0.05) is 16.9 Å². The summed E-state index contributed by atoms with van der Waals surface area (Å²) in [5, 5.41) is 8.88. The largest absolute Gasteiger partial charge is 0.493 e. The van der Waals surface area contributed by atoms with Crippen LogP contribution in [0.25, 0.3) is 0 Å². The Bertz CT molecular complexity index is 461. The van der Waals surface area contributed by atoms with Crippen molar-refractivity contribution in [1.82, 2.24) is 0 Å². The second-order valence-corrected chi connectivity index (χ2v) is 5.76. The van der Waals surface area contributed by atoms with E-state index in [0.29, 0.717) is 5.75 Å². The van der Waals surface area contributed by atoms with Crippen molar-refractivity contribution >= 4 is 25.0 Å². The summed E-state index contributed by atoms with van der Waals surface area (Å²) >= 11 is 3.19. The van der Waals surface area contributed by atoms with E-state index in [1.54, 1.807) is 18.2 Å². The Kier molecular flexibility index (Phi) is 3.87. The van der Waals surface area contributed by atoms with Gasteiger partial charge >= 0.3 is 0 Å². The van der Waals surface area contributed by atoms with Gasteiger partial charge in [0.05, 0.1) is 6.61 Å². The second-order valence-electron chi connectivity index (χ2n) is 4.17. The van der Waals surface area contributed by atoms with Crippen molar-refractivity contribution in [3.05, 3.63) is 23.8 Å². The Hall–Kier alpha value is -0.370. The van der Waals surface area contributed by atoms with Gasteiger partial charge in [0.15, 0.2) is 0 Å². The molecular weight excluding hydrogens is 328 g/mol. The number of hydrogen-bond acceptors (Lipinski definition) is 4. The zero-order valence-corrected chi connectivity index (χ0v) is 11.7. The normalized spacial score (nSPS) is 23.4. The van der Waals surface area contributed by atoms with Crippen molar-refractivity contribution in [3.8, 4) is 5.75 Å². The Labute approximate surface area is 115 Å². The van der Waals surface area contributed by atoms with E-state index < -0.39 is 18.1 Å². The molecule has 1 aromatic carbocycles. The number of benzene rings is 1. The summed E-state index contributed by atoms with van der Waals surface area (Å²) in [6, 6.07) is 4.94. The summed E-state index contributed by atoms with van der Waals surface area (Å²) in [7, 11) is 1.25. The molecule has 100 valence electrons. The third-order valence-corrected chi connectivity index (χ3v) is 4.68. The van der Waals surface area contributed by atoms with Crippen LogP contribution in [0.3, 0.4) is 0 Å². The predicted octanol–water partition coefficient (Wildman–Crippen LogP) is 2.65. The first kappa shape index (κ1) is 14.0. The van der Waals surface area contributed by atoms with E-state index in [2.05, 4.69) is 14.8 Å². The van der Waals surface area contributed by atoms with E-state index in [4.69, 9.17) is 15.6 Å². The molecule has 1 aliphatic heterocycles. The van der Waals surface area contributed by atoms with Crippen molar-refractivity contribution in [2.75, 3.05) is 13.2 Å². The van der Waals surface area contributed by atoms with E-state index >= 15 is 0 Å². The fraction of sp³-hybridized carbons (Fsp3) is 0.455. The molecule has 1 heterocycles. The van der Waals surface area contributed by atoms with Crippen LogP contribution >= 0.6 is 25.0 Å². The number of aliphatic hydroxyl groups is 1. The molecule has 0 bridgehead atoms. The van der Waals surface area contributed by atoms with Crippen LogP contribution in [-0.4, -0.2) is 24.2 Å². The van der Waals surface area contributed by atoms with Crippen LogP contribution in [0.1, 0.15) is 12.0 Å². The maximum Gasteiger partial charge on any atom is 0.292 e. The van der Waals surface area contributed by atoms with Crippen molar-refractivity contribution < 1.29 is 18.6 Å². The molecule has 0 aliphatic carbocycles. The molecule has 3 N–H and O–H groups in total. The maximum atomic E-state index is 13.9. The Morgan fingerprint density at radius 1 is 1.56 bits per heavy atom. The van der Waals surface area contributed by atoms with E-state index in [1.807, 2.05) is 0 Å². The van der Waals surface area contributed by atoms with Gasteiger partial charge < -0.3 is 15.6 Å². The van der Waals surface area contributed by atoms with Crippen LogP contribution in [0, 0.1) is 0 Å². The highest BCUT2D eigenvalue weighted by Crippen LogP contribution is 2.46. The minimum Gasteiger partial charge on any atom is -0.493 e. The topological polar surface area (TPSA) is 55.5 Å². The van der Waals surface area contributed by atoms with Crippen LogP contribution in [-0.2, 0) is 5.54 Å². The number of alkyl halides is 2. The summed E-state index contributed by atoms with van der Waals surface area (Å²) in [5.74, 6) is -3.04. The molecule has 1 aliphatic rings. The molecule has 0 aromatic heterocycles. The highest BCUT2D eigenvalue weighted by atomic mass is 79.9. The van der Waals surface area contributed by atoms with Crippen LogP contribution < -0.4 is 10.5 Å². The molecule has 0 saturated carbocycles. The average Bonchev–Trinajstić information content (AvgIpc) is 2.38. The first-order valence-electron chi connectivity index (χ1n) is 5.28. The number of aliphatic hydroxyl groups excluding tert-OH is 1. The van der Waals surface area contributed by atoms with E-state index in [-0.39, 0.29) is 18.6 Å². The minimum atomic E-state index is -3.39. The number of nitrogens with two attached hydrogens (primary N) is 1. The lowest BCUT2D eigenvalue weighted by Gasteiger charge is -2.40. The highest BCUT2D eigenvalue weighted by molar-refractivity contribution is 9.50. The third kappa shape index (κ3) is 2.13. The minimum absolute atomic E-state index is 0.0377. The van der Waals surface area contributed by atoms with Gasteiger partial charge in [-0.3, -0.25) is 0 Å². The molecule has 3 nitrogen and oxygen atoms in total. The molecule has 0 spiro atoms. The third-order valence-electron chi connectivity index (χ3n) is 3.13. The number of halogens is 3. The van der Waals surface area contributed by atoms with Crippen molar-refractivity contribution in [1.29, 1.82) is 0 Å². The van der Waals surface area contributed by atoms with Crippen LogP contribution in [0.15, 0.2) is 23.1 Å². The molecule has 1 aromatic rings. The van der Waals surface area contributed by atoms with Gasteiger partial charge in [-0.1, -0.05) is 0 Å². The van der Waals surface area contributed by atoms with Crippen molar-refractivity contribution in [2.45, 2.75) is 22.8 Å². The molecule has 0 amide bonds. The zero-order valence-electron chi connectivity index (χ0n) is 9.33. The first-order valence-corrected chi connectivity index (χ1v) is 7.94. The van der Waals surface area contributed by atoms with Crippen LogP contribution in [0.5, 0.6) is 5.75 Å². The molecule has 2 rings (SSSR count). The van der Waals surface area contributed by atoms with Crippen LogP contribution in [0.2, 0.25) is 0 Å². The van der Waals surface area contributed by atoms with Crippen molar-refractivity contribution in [2.24, 2.45) is 5.73 Å². The van der Waals surface area contributed by atoms with E-state index in [1.165, 1.54) is 10.2 Å². The number of ether oxygens (including phenoxy) is 1. The van der Waals surface area contributed by atoms with E-state index in [0.717, 1.165) is 4.90 Å². The molecule has 0 saturated heterocycles. The summed E-state index contributed by atoms with van der Waals surface area (Å²) in [6.07, 6.45) is -0.0377. The van der Waals surface area contributed by atoms with E-state index in [9.17, 15) is 8.78 Å². The molecule has 1 atom stereocenters. The average molecular weight is 340 g/mol. The predicted molar refractivity (Wildman–Crippen MR) is 69.2 cm³/mol. The summed E-state index contributed by atoms with van der Waals surface area (Å²) in [4.78, 5) is 0.753. The zero-order chi connectivity index (χ0) is 13.4. The molecular formula is C11H12BrF2NO2S. The number of fused-ring (bicyclic) bond motifs is 1. The quantitative estimate of drug-likeness (QED) is 0.888. The molecule has 0 radical (unpaired) electrons. The second kappa shape index (κ2) is 4.96. The molecule has 18 heavy (non-hydrogen) atoms. The summed E-state index contributed by atoms with van der Waals surface area (Å²) < 4.78 is 33.1. The monoisotopic (exact) mass is 339 g/mol. The summed E-state index contributed by atoms with van der Waals surface area (Å²) in [5.41, 5.74) is 4.21. The SMILES string of the molecule is NC1(C(F)(F)CO)CCOc2ccc(SBr)cc21. The summed E-state index contributed by atoms with van der Waals surface area (Å²) in [6.45, 7) is -1.17. The van der Waals surface area contributed by atoms with Gasteiger partial charge in [0.1, 0.15) is 17.9 Å². The molecule has 1 unspecified atom stereocenters. The Balaban J connectivity index is 2.55. The number of rotatable bonds is 3. The van der Waals surface area contributed by atoms with Gasteiger partial charge in [-0.15, -0.1) is 0 Å². The number of hydrogen-bond donors (Lipinski definition) is 2. The first-order chi connectivity index (χ1) is 8.44. The van der Waals surface area contributed by atoms with Crippen LogP contribution in [0.4, 0.5) is 8.78 Å². The molecule has 0 fully saturated rings. The lowest BCUT2D eigenvalue weighted by atomic mass is 9.80. The standard InChI is InChI=1S/C11H12BrF2NO2S/c12-18-7-1-2-9-8(5-7)10(15,3-4-17-9)11(13,14)6-16/h1-2,5,16H,3-4,6,15H2. The Morgan fingerprint density at radius 2 is 2.28 bits per heavy atom. The van der Waals surface area contributed by atoms with Gasteiger partial charge in [0.25, 0.3) is 5.92 Å². The van der Waals surface area contributed by atoms with Crippen molar-refractivity contribution in [3.63, 3.8) is 0 Å². The smallest absolute Gasteiger partial charge is 0.292 e. The maximum absolute atomic E-state index is 13.9. The fourth-order valence-corrected chi connectivity index (χ4v) is 2.90. The Morgan fingerprint density at radius 3 is 2.89 bits per heavy atom. The highest BCUT2D eigenvalue weighted by Gasteiger charge is 2.54. The lowest BCUT2D eigenvalue weighted by Crippen LogP contribution is -2.57. The fourth-order valence-electron chi connectivity index (χ4n) is 2.01. The molecule has 7 heteroatoms. The van der Waals surface area contributed by atoms with Gasteiger partial charge in [-0.2, -0.15) is 0 Å². The van der Waals surface area contributed by atoms with Gasteiger partial charge in [0.2, 0.25) is 0 Å².